The Balaban J connectivity index is 1.77. The number of sulfonamides is 1. The summed E-state index contributed by atoms with van der Waals surface area (Å²) in [5, 5.41) is 9.65. The van der Waals surface area contributed by atoms with E-state index in [0.717, 1.165) is 5.69 Å². The molecule has 0 bridgehead atoms. The molecule has 2 aromatic rings. The monoisotopic (exact) mass is 420 g/mol. The normalized spacial score (nSPS) is 16.2. The molecule has 148 valence electrons. The number of para-hydroxylation sites is 1. The van der Waals surface area contributed by atoms with E-state index < -0.39 is 16.0 Å². The van der Waals surface area contributed by atoms with E-state index in [-0.39, 0.29) is 10.5 Å². The molecule has 0 atom stereocenters. The zero-order chi connectivity index (χ0) is 20.3. The predicted molar refractivity (Wildman–Crippen MR) is 110 cm³/mol. The van der Waals surface area contributed by atoms with E-state index in [1.54, 1.807) is 12.1 Å². The van der Waals surface area contributed by atoms with Gasteiger partial charge in [-0.1, -0.05) is 35.9 Å². The van der Waals surface area contributed by atoms with Gasteiger partial charge in [0.05, 0.1) is 15.6 Å². The summed E-state index contributed by atoms with van der Waals surface area (Å²) in [6.07, 6.45) is 1.46. The minimum Gasteiger partial charge on any atom is -0.478 e. The standard InChI is InChI=1S/C20H21ClN2O4S/c1-15(20(24)25)13-16-5-4-6-17(14-16)28(26,27)23-11-9-22(10-12-23)19-8-3-2-7-18(19)21/h2-8,13-14H,9-12H2,1H3,(H,24,25). The van der Waals surface area contributed by atoms with Crippen LogP contribution in [0.25, 0.3) is 6.08 Å². The Morgan fingerprint density at radius 3 is 2.39 bits per heavy atom. The number of hydrogen-bond acceptors (Lipinski definition) is 4. The van der Waals surface area contributed by atoms with Crippen LogP contribution < -0.4 is 4.90 Å². The number of aliphatic carboxylic acids is 1. The molecule has 0 radical (unpaired) electrons. The van der Waals surface area contributed by atoms with Gasteiger partial charge >= 0.3 is 5.97 Å². The molecule has 0 amide bonds. The van der Waals surface area contributed by atoms with Crippen molar-refractivity contribution >= 4 is 39.4 Å². The lowest BCUT2D eigenvalue weighted by molar-refractivity contribution is -0.132. The van der Waals surface area contributed by atoms with Gasteiger partial charge in [-0.15, -0.1) is 0 Å². The molecule has 0 spiro atoms. The number of carboxylic acids is 1. The van der Waals surface area contributed by atoms with Crippen LogP contribution in [-0.4, -0.2) is 50.0 Å². The topological polar surface area (TPSA) is 77.9 Å². The SMILES string of the molecule is CC(=Cc1cccc(S(=O)(=O)N2CCN(c3ccccc3Cl)CC2)c1)C(=O)O. The number of piperazine rings is 1. The third-order valence-electron chi connectivity index (χ3n) is 4.65. The van der Waals surface area contributed by atoms with Gasteiger partial charge < -0.3 is 10.0 Å². The second kappa shape index (κ2) is 8.34. The molecule has 0 aliphatic carbocycles. The number of rotatable bonds is 5. The first-order valence-corrected chi connectivity index (χ1v) is 10.6. The van der Waals surface area contributed by atoms with Gasteiger partial charge in [-0.25, -0.2) is 13.2 Å². The van der Waals surface area contributed by atoms with Crippen LogP contribution in [0.5, 0.6) is 0 Å². The largest absolute Gasteiger partial charge is 0.478 e. The van der Waals surface area contributed by atoms with E-state index in [4.69, 9.17) is 16.7 Å². The van der Waals surface area contributed by atoms with E-state index in [9.17, 15) is 13.2 Å². The van der Waals surface area contributed by atoms with Crippen LogP contribution >= 0.6 is 11.6 Å². The highest BCUT2D eigenvalue weighted by atomic mass is 35.5. The summed E-state index contributed by atoms with van der Waals surface area (Å²) in [5.74, 6) is -1.04. The van der Waals surface area contributed by atoms with Crippen molar-refractivity contribution in [3.05, 3.63) is 64.7 Å². The van der Waals surface area contributed by atoms with E-state index in [0.29, 0.717) is 36.8 Å². The minimum atomic E-state index is -3.66. The van der Waals surface area contributed by atoms with Gasteiger partial charge in [0.15, 0.2) is 0 Å². The summed E-state index contributed by atoms with van der Waals surface area (Å²) in [5.41, 5.74) is 1.58. The van der Waals surface area contributed by atoms with Gasteiger partial charge in [-0.05, 0) is 42.8 Å². The van der Waals surface area contributed by atoms with E-state index in [1.165, 1.54) is 29.4 Å². The first-order valence-electron chi connectivity index (χ1n) is 8.80. The first kappa shape index (κ1) is 20.4. The summed E-state index contributed by atoms with van der Waals surface area (Å²) < 4.78 is 27.5. The molecule has 0 unspecified atom stereocenters. The highest BCUT2D eigenvalue weighted by molar-refractivity contribution is 7.89. The van der Waals surface area contributed by atoms with E-state index >= 15 is 0 Å². The minimum absolute atomic E-state index is 0.142. The quantitative estimate of drug-likeness (QED) is 0.750. The number of anilines is 1. The Hall–Kier alpha value is -2.35. The van der Waals surface area contributed by atoms with Crippen LogP contribution in [0, 0.1) is 0 Å². The van der Waals surface area contributed by atoms with Crippen molar-refractivity contribution in [1.29, 1.82) is 0 Å². The van der Waals surface area contributed by atoms with Gasteiger partial charge in [-0.2, -0.15) is 4.31 Å². The maximum Gasteiger partial charge on any atom is 0.331 e. The van der Waals surface area contributed by atoms with Gasteiger partial charge in [-0.3, -0.25) is 0 Å². The Morgan fingerprint density at radius 1 is 1.07 bits per heavy atom. The van der Waals surface area contributed by atoms with Crippen LogP contribution in [0.2, 0.25) is 5.02 Å². The molecule has 1 aliphatic rings. The van der Waals surface area contributed by atoms with Crippen LogP contribution in [0.3, 0.4) is 0 Å². The lowest BCUT2D eigenvalue weighted by Gasteiger charge is -2.35. The number of hydrogen-bond donors (Lipinski definition) is 1. The maximum atomic E-state index is 13.0. The van der Waals surface area contributed by atoms with Gasteiger partial charge in [0, 0.05) is 31.8 Å². The molecule has 1 fully saturated rings. The molecule has 1 aliphatic heterocycles. The molecule has 1 heterocycles. The molecule has 28 heavy (non-hydrogen) atoms. The molecule has 2 aromatic carbocycles. The van der Waals surface area contributed by atoms with Crippen LogP contribution in [0.15, 0.2) is 59.0 Å². The lowest BCUT2D eigenvalue weighted by Crippen LogP contribution is -2.48. The zero-order valence-corrected chi connectivity index (χ0v) is 16.9. The molecular formula is C20H21ClN2O4S. The molecule has 0 saturated carbocycles. The Labute approximate surface area is 169 Å². The highest BCUT2D eigenvalue weighted by Crippen LogP contribution is 2.27. The second-order valence-electron chi connectivity index (χ2n) is 6.55. The van der Waals surface area contributed by atoms with Crippen molar-refractivity contribution in [3.8, 4) is 0 Å². The summed E-state index contributed by atoms with van der Waals surface area (Å²) >= 11 is 6.24. The van der Waals surface area contributed by atoms with Crippen molar-refractivity contribution in [2.24, 2.45) is 0 Å². The number of nitrogens with zero attached hydrogens (tertiary/aromatic N) is 2. The Kier molecular flexibility index (Phi) is 6.07. The maximum absolute atomic E-state index is 13.0. The Bertz CT molecular complexity index is 1010. The summed E-state index contributed by atoms with van der Waals surface area (Å²) in [6.45, 7) is 3.25. The number of halogens is 1. The fourth-order valence-corrected chi connectivity index (χ4v) is 4.84. The summed E-state index contributed by atoms with van der Waals surface area (Å²) in [6, 6.07) is 13.8. The predicted octanol–water partition coefficient (Wildman–Crippen LogP) is 3.34. The summed E-state index contributed by atoms with van der Waals surface area (Å²) in [7, 11) is -3.66. The molecule has 1 saturated heterocycles. The van der Waals surface area contributed by atoms with Gasteiger partial charge in [0.2, 0.25) is 10.0 Å². The number of carboxylic acid groups (broad SMARTS) is 1. The second-order valence-corrected chi connectivity index (χ2v) is 8.89. The highest BCUT2D eigenvalue weighted by Gasteiger charge is 2.29. The van der Waals surface area contributed by atoms with E-state index in [1.807, 2.05) is 24.3 Å². The lowest BCUT2D eigenvalue weighted by atomic mass is 10.1. The van der Waals surface area contributed by atoms with E-state index in [2.05, 4.69) is 4.90 Å². The molecular weight excluding hydrogens is 400 g/mol. The first-order chi connectivity index (χ1) is 13.3. The van der Waals surface area contributed by atoms with Crippen LogP contribution in [-0.2, 0) is 14.8 Å². The van der Waals surface area contributed by atoms with Gasteiger partial charge in [0.25, 0.3) is 0 Å². The third kappa shape index (κ3) is 4.38. The zero-order valence-electron chi connectivity index (χ0n) is 15.4. The van der Waals surface area contributed by atoms with Crippen LogP contribution in [0.4, 0.5) is 5.69 Å². The fraction of sp³-hybridized carbons (Fsp3) is 0.250. The summed E-state index contributed by atoms with van der Waals surface area (Å²) in [4.78, 5) is 13.2. The molecule has 3 rings (SSSR count). The van der Waals surface area contributed by atoms with Gasteiger partial charge in [0.1, 0.15) is 0 Å². The van der Waals surface area contributed by atoms with Crippen LogP contribution in [0.1, 0.15) is 12.5 Å². The fourth-order valence-electron chi connectivity index (χ4n) is 3.10. The average molecular weight is 421 g/mol. The van der Waals surface area contributed by atoms with Crippen molar-refractivity contribution in [1.82, 2.24) is 4.31 Å². The third-order valence-corrected chi connectivity index (χ3v) is 6.86. The van der Waals surface area contributed by atoms with Crippen molar-refractivity contribution in [2.45, 2.75) is 11.8 Å². The molecule has 0 aromatic heterocycles. The molecule has 6 nitrogen and oxygen atoms in total. The average Bonchev–Trinajstić information content (AvgIpc) is 2.68. The smallest absolute Gasteiger partial charge is 0.331 e. The number of carbonyl (C=O) groups is 1. The number of benzene rings is 2. The Morgan fingerprint density at radius 2 is 1.75 bits per heavy atom. The van der Waals surface area contributed by atoms with Crippen molar-refractivity contribution in [2.75, 3.05) is 31.1 Å². The molecule has 8 heteroatoms. The van der Waals surface area contributed by atoms with Crippen molar-refractivity contribution in [3.63, 3.8) is 0 Å². The van der Waals surface area contributed by atoms with Crippen molar-refractivity contribution < 1.29 is 18.3 Å². The molecule has 1 N–H and O–H groups in total.